The van der Waals surface area contributed by atoms with Crippen LogP contribution in [0.5, 0.6) is 0 Å². The Morgan fingerprint density at radius 2 is 1.67 bits per heavy atom. The number of para-hydroxylation sites is 2. The molecular formula is C24H18BrN3O2. The van der Waals surface area contributed by atoms with Gasteiger partial charge in [0, 0.05) is 34.4 Å². The minimum Gasteiger partial charge on any atom is -0.350 e. The van der Waals surface area contributed by atoms with Crippen molar-refractivity contribution in [1.82, 2.24) is 4.98 Å². The van der Waals surface area contributed by atoms with E-state index in [2.05, 4.69) is 32.3 Å². The van der Waals surface area contributed by atoms with Crippen molar-refractivity contribution in [2.45, 2.75) is 6.42 Å². The van der Waals surface area contributed by atoms with E-state index in [4.69, 9.17) is 0 Å². The molecule has 0 radical (unpaired) electrons. The van der Waals surface area contributed by atoms with Crippen molar-refractivity contribution < 1.29 is 9.59 Å². The number of nitrogens with one attached hydrogen (secondary N) is 2. The summed E-state index contributed by atoms with van der Waals surface area (Å²) in [6.45, 7) is 0.686. The molecule has 1 aliphatic heterocycles. The summed E-state index contributed by atoms with van der Waals surface area (Å²) in [4.78, 5) is 30.6. The highest BCUT2D eigenvalue weighted by Crippen LogP contribution is 2.30. The van der Waals surface area contributed by atoms with Gasteiger partial charge in [-0.1, -0.05) is 36.4 Å². The van der Waals surface area contributed by atoms with E-state index in [1.165, 1.54) is 5.56 Å². The van der Waals surface area contributed by atoms with Crippen molar-refractivity contribution in [3.63, 3.8) is 0 Å². The zero-order valence-electron chi connectivity index (χ0n) is 16.0. The molecule has 2 N–H and O–H groups in total. The van der Waals surface area contributed by atoms with Gasteiger partial charge in [-0.05, 0) is 64.3 Å². The molecular weight excluding hydrogens is 442 g/mol. The highest BCUT2D eigenvalue weighted by atomic mass is 79.9. The first-order valence-corrected chi connectivity index (χ1v) is 10.5. The predicted octanol–water partition coefficient (Wildman–Crippen LogP) is 5.39. The average molecular weight is 460 g/mol. The number of amides is 2. The Morgan fingerprint density at radius 1 is 0.933 bits per heavy atom. The topological polar surface area (TPSA) is 65.2 Å². The van der Waals surface area contributed by atoms with Crippen LogP contribution in [0.1, 0.15) is 26.4 Å². The third kappa shape index (κ3) is 3.19. The second-order valence-corrected chi connectivity index (χ2v) is 8.02. The number of aromatic nitrogens is 1. The Morgan fingerprint density at radius 3 is 2.47 bits per heavy atom. The highest BCUT2D eigenvalue weighted by molar-refractivity contribution is 9.10. The van der Waals surface area contributed by atoms with Gasteiger partial charge < -0.3 is 15.2 Å². The predicted molar refractivity (Wildman–Crippen MR) is 122 cm³/mol. The Kier molecular flexibility index (Phi) is 4.64. The lowest BCUT2D eigenvalue weighted by Crippen LogP contribution is -2.28. The molecule has 0 fully saturated rings. The number of hydrogen-bond acceptors (Lipinski definition) is 2. The maximum absolute atomic E-state index is 12.9. The van der Waals surface area contributed by atoms with Crippen LogP contribution in [0.2, 0.25) is 0 Å². The van der Waals surface area contributed by atoms with E-state index in [-0.39, 0.29) is 11.8 Å². The Balaban J connectivity index is 1.33. The highest BCUT2D eigenvalue weighted by Gasteiger charge is 2.25. The number of nitrogens with zero attached hydrogens (tertiary/aromatic N) is 1. The SMILES string of the molecule is O=C(Nc1ccc(C(=O)N2CCc3ccccc32)cc1)c1[nH]c2ccccc2c1Br. The lowest BCUT2D eigenvalue weighted by molar-refractivity contribution is 0.0988. The van der Waals surface area contributed by atoms with E-state index < -0.39 is 0 Å². The molecule has 6 heteroatoms. The maximum Gasteiger partial charge on any atom is 0.273 e. The molecule has 0 aliphatic carbocycles. The summed E-state index contributed by atoms with van der Waals surface area (Å²) >= 11 is 3.51. The molecule has 4 aromatic rings. The molecule has 0 atom stereocenters. The quantitative estimate of drug-likeness (QED) is 0.431. The average Bonchev–Trinajstić information content (AvgIpc) is 3.35. The summed E-state index contributed by atoms with van der Waals surface area (Å²) in [6, 6.07) is 22.7. The van der Waals surface area contributed by atoms with Crippen molar-refractivity contribution in [2.24, 2.45) is 0 Å². The molecule has 5 rings (SSSR count). The van der Waals surface area contributed by atoms with Crippen molar-refractivity contribution in [2.75, 3.05) is 16.8 Å². The van der Waals surface area contributed by atoms with Gasteiger partial charge in [0.25, 0.3) is 11.8 Å². The fourth-order valence-corrected chi connectivity index (χ4v) is 4.48. The van der Waals surface area contributed by atoms with Gasteiger partial charge in [0.05, 0.1) is 4.47 Å². The van der Waals surface area contributed by atoms with Gasteiger partial charge in [-0.25, -0.2) is 0 Å². The Hall–Kier alpha value is -3.38. The molecule has 0 spiro atoms. The van der Waals surface area contributed by atoms with Crippen molar-refractivity contribution in [1.29, 1.82) is 0 Å². The van der Waals surface area contributed by atoms with Crippen LogP contribution < -0.4 is 10.2 Å². The minimum atomic E-state index is -0.245. The number of aromatic amines is 1. The van der Waals surface area contributed by atoms with Gasteiger partial charge in [-0.2, -0.15) is 0 Å². The number of fused-ring (bicyclic) bond motifs is 2. The summed E-state index contributed by atoms with van der Waals surface area (Å²) in [7, 11) is 0. The van der Waals surface area contributed by atoms with E-state index in [1.54, 1.807) is 24.3 Å². The number of rotatable bonds is 3. The van der Waals surface area contributed by atoms with Gasteiger partial charge in [0.1, 0.15) is 5.69 Å². The number of H-pyrrole nitrogens is 1. The molecule has 5 nitrogen and oxygen atoms in total. The molecule has 0 saturated carbocycles. The van der Waals surface area contributed by atoms with Crippen LogP contribution >= 0.6 is 15.9 Å². The lowest BCUT2D eigenvalue weighted by Gasteiger charge is -2.17. The monoisotopic (exact) mass is 459 g/mol. The fourth-order valence-electron chi connectivity index (χ4n) is 3.86. The number of anilines is 2. The van der Waals surface area contributed by atoms with E-state index in [9.17, 15) is 9.59 Å². The number of carbonyl (C=O) groups is 2. The lowest BCUT2D eigenvalue weighted by atomic mass is 10.1. The second-order valence-electron chi connectivity index (χ2n) is 7.23. The minimum absolute atomic E-state index is 0.0313. The maximum atomic E-state index is 12.9. The summed E-state index contributed by atoms with van der Waals surface area (Å²) in [6.07, 6.45) is 0.870. The van der Waals surface area contributed by atoms with E-state index in [0.717, 1.165) is 27.5 Å². The van der Waals surface area contributed by atoms with Crippen LogP contribution in [-0.2, 0) is 6.42 Å². The largest absolute Gasteiger partial charge is 0.350 e. The third-order valence-electron chi connectivity index (χ3n) is 5.39. The first kappa shape index (κ1) is 18.6. The van der Waals surface area contributed by atoms with Gasteiger partial charge in [0.2, 0.25) is 0 Å². The molecule has 1 aromatic heterocycles. The van der Waals surface area contributed by atoms with E-state index in [0.29, 0.717) is 23.5 Å². The third-order valence-corrected chi connectivity index (χ3v) is 6.22. The van der Waals surface area contributed by atoms with Crippen molar-refractivity contribution in [3.8, 4) is 0 Å². The first-order valence-electron chi connectivity index (χ1n) is 9.69. The Bertz CT molecular complexity index is 1280. The van der Waals surface area contributed by atoms with Gasteiger partial charge >= 0.3 is 0 Å². The van der Waals surface area contributed by atoms with E-state index in [1.807, 2.05) is 47.4 Å². The van der Waals surface area contributed by atoms with Gasteiger partial charge in [-0.15, -0.1) is 0 Å². The number of halogens is 1. The number of carbonyl (C=O) groups excluding carboxylic acids is 2. The summed E-state index contributed by atoms with van der Waals surface area (Å²) in [5, 5.41) is 3.84. The molecule has 0 saturated heterocycles. The molecule has 0 bridgehead atoms. The Labute approximate surface area is 181 Å². The number of benzene rings is 3. The van der Waals surface area contributed by atoms with Crippen LogP contribution in [-0.4, -0.2) is 23.3 Å². The first-order chi connectivity index (χ1) is 14.6. The zero-order valence-corrected chi connectivity index (χ0v) is 17.6. The molecule has 2 amide bonds. The van der Waals surface area contributed by atoms with Crippen LogP contribution in [0, 0.1) is 0 Å². The van der Waals surface area contributed by atoms with Gasteiger partial charge in [0.15, 0.2) is 0 Å². The van der Waals surface area contributed by atoms with Crippen LogP contribution in [0.15, 0.2) is 77.3 Å². The molecule has 148 valence electrons. The van der Waals surface area contributed by atoms with Crippen LogP contribution in [0.3, 0.4) is 0 Å². The number of hydrogen-bond donors (Lipinski definition) is 2. The molecule has 2 heterocycles. The van der Waals surface area contributed by atoms with Crippen LogP contribution in [0.25, 0.3) is 10.9 Å². The molecule has 1 aliphatic rings. The normalized spacial score (nSPS) is 12.8. The summed E-state index contributed by atoms with van der Waals surface area (Å²) < 4.78 is 0.732. The zero-order chi connectivity index (χ0) is 20.7. The van der Waals surface area contributed by atoms with Crippen molar-refractivity contribution in [3.05, 3.63) is 94.1 Å². The fraction of sp³-hybridized carbons (Fsp3) is 0.0833. The van der Waals surface area contributed by atoms with E-state index >= 15 is 0 Å². The second kappa shape index (κ2) is 7.46. The molecule has 30 heavy (non-hydrogen) atoms. The van der Waals surface area contributed by atoms with Gasteiger partial charge in [-0.3, -0.25) is 9.59 Å². The molecule has 0 unspecified atom stereocenters. The molecule has 3 aromatic carbocycles. The van der Waals surface area contributed by atoms with Crippen LogP contribution in [0.4, 0.5) is 11.4 Å². The smallest absolute Gasteiger partial charge is 0.273 e. The summed E-state index contributed by atoms with van der Waals surface area (Å²) in [5.41, 5.74) is 4.74. The standard InChI is InChI=1S/C24H18BrN3O2/c25-21-18-6-2-3-7-19(18)27-22(21)23(29)26-17-11-9-16(10-12-17)24(30)28-14-13-15-5-1-4-8-20(15)28/h1-12,27H,13-14H2,(H,26,29). The van der Waals surface area contributed by atoms with Crippen molar-refractivity contribution >= 4 is 50.0 Å². The summed E-state index contributed by atoms with van der Waals surface area (Å²) in [5.74, 6) is -0.276.